The van der Waals surface area contributed by atoms with Gasteiger partial charge in [-0.1, -0.05) is 0 Å². The number of methoxy groups -OCH3 is 1. The van der Waals surface area contributed by atoms with Crippen molar-refractivity contribution < 1.29 is 4.74 Å². The average Bonchev–Trinajstić information content (AvgIpc) is 2.63. The van der Waals surface area contributed by atoms with Crippen molar-refractivity contribution in [3.05, 3.63) is 15.6 Å². The smallest absolute Gasteiger partial charge is 0.0944 e. The molecule has 0 aromatic carbocycles. The third kappa shape index (κ3) is 5.59. The molecule has 1 aromatic heterocycles. The predicted molar refractivity (Wildman–Crippen MR) is 72.7 cm³/mol. The Morgan fingerprint density at radius 1 is 1.41 bits per heavy atom. The van der Waals surface area contributed by atoms with E-state index < -0.39 is 0 Å². The Labute approximate surface area is 108 Å². The summed E-state index contributed by atoms with van der Waals surface area (Å²) in [5, 5.41) is 4.59. The third-order valence-electron chi connectivity index (χ3n) is 2.48. The second-order valence-corrected chi connectivity index (χ2v) is 5.51. The molecule has 17 heavy (non-hydrogen) atoms. The molecule has 4 nitrogen and oxygen atoms in total. The number of nitrogens with one attached hydrogen (secondary N) is 1. The largest absolute Gasteiger partial charge is 0.383 e. The molecule has 0 saturated carbocycles. The van der Waals surface area contributed by atoms with Crippen molar-refractivity contribution in [1.29, 1.82) is 0 Å². The summed E-state index contributed by atoms with van der Waals surface area (Å²) >= 11 is 1.82. The van der Waals surface area contributed by atoms with E-state index in [0.29, 0.717) is 0 Å². The van der Waals surface area contributed by atoms with Crippen molar-refractivity contribution in [3.63, 3.8) is 0 Å². The Morgan fingerprint density at radius 3 is 2.82 bits per heavy atom. The number of aryl methyl sites for hydroxylation is 1. The van der Waals surface area contributed by atoms with Crippen LogP contribution in [0.5, 0.6) is 0 Å². The maximum atomic E-state index is 5.00. The number of nitrogens with zero attached hydrogens (tertiary/aromatic N) is 2. The van der Waals surface area contributed by atoms with Crippen LogP contribution in [0.1, 0.15) is 15.6 Å². The molecule has 0 amide bonds. The van der Waals surface area contributed by atoms with Gasteiger partial charge >= 0.3 is 0 Å². The van der Waals surface area contributed by atoms with E-state index in [1.54, 1.807) is 7.11 Å². The SMILES string of the molecule is COCCNCc1sc(CCN(C)C)nc1C. The molecule has 0 aliphatic rings. The van der Waals surface area contributed by atoms with Crippen LogP contribution in [0, 0.1) is 6.92 Å². The van der Waals surface area contributed by atoms with E-state index in [-0.39, 0.29) is 0 Å². The Bertz CT molecular complexity index is 326. The van der Waals surface area contributed by atoms with Gasteiger partial charge in [-0.25, -0.2) is 4.98 Å². The normalized spacial score (nSPS) is 11.4. The Morgan fingerprint density at radius 2 is 2.18 bits per heavy atom. The third-order valence-corrected chi connectivity index (χ3v) is 3.70. The summed E-state index contributed by atoms with van der Waals surface area (Å²) in [6.07, 6.45) is 1.04. The maximum absolute atomic E-state index is 5.00. The summed E-state index contributed by atoms with van der Waals surface area (Å²) in [5.41, 5.74) is 1.16. The van der Waals surface area contributed by atoms with E-state index in [0.717, 1.165) is 38.4 Å². The van der Waals surface area contributed by atoms with E-state index in [2.05, 4.69) is 36.2 Å². The van der Waals surface area contributed by atoms with Gasteiger partial charge in [0.25, 0.3) is 0 Å². The fraction of sp³-hybridized carbons (Fsp3) is 0.750. The van der Waals surface area contributed by atoms with Crippen LogP contribution in [0.15, 0.2) is 0 Å². The van der Waals surface area contributed by atoms with Gasteiger partial charge in [0.05, 0.1) is 17.3 Å². The molecule has 0 fully saturated rings. The summed E-state index contributed by atoms with van der Waals surface area (Å²) in [7, 11) is 5.90. The highest BCUT2D eigenvalue weighted by molar-refractivity contribution is 7.11. The van der Waals surface area contributed by atoms with Crippen molar-refractivity contribution in [2.24, 2.45) is 0 Å². The lowest BCUT2D eigenvalue weighted by Gasteiger charge is -2.06. The van der Waals surface area contributed by atoms with Crippen LogP contribution in [-0.4, -0.2) is 50.8 Å². The Balaban J connectivity index is 2.39. The first kappa shape index (κ1) is 14.6. The second kappa shape index (κ2) is 7.76. The number of hydrogen-bond donors (Lipinski definition) is 1. The zero-order chi connectivity index (χ0) is 12.7. The van der Waals surface area contributed by atoms with Crippen LogP contribution < -0.4 is 5.32 Å². The summed E-state index contributed by atoms with van der Waals surface area (Å²) in [4.78, 5) is 8.13. The van der Waals surface area contributed by atoms with Crippen molar-refractivity contribution >= 4 is 11.3 Å². The highest BCUT2D eigenvalue weighted by atomic mass is 32.1. The summed E-state index contributed by atoms with van der Waals surface area (Å²) in [6, 6.07) is 0. The van der Waals surface area contributed by atoms with Gasteiger partial charge in [0.2, 0.25) is 0 Å². The molecule has 0 radical (unpaired) electrons. The molecule has 0 atom stereocenters. The molecular weight excluding hydrogens is 234 g/mol. The van der Waals surface area contributed by atoms with Crippen molar-refractivity contribution in [3.8, 4) is 0 Å². The Hall–Kier alpha value is -0.490. The van der Waals surface area contributed by atoms with Gasteiger partial charge in [-0.2, -0.15) is 0 Å². The molecular formula is C12H23N3OS. The quantitative estimate of drug-likeness (QED) is 0.712. The lowest BCUT2D eigenvalue weighted by Crippen LogP contribution is -2.18. The van der Waals surface area contributed by atoms with Crippen LogP contribution in [0.2, 0.25) is 0 Å². The number of thiazole rings is 1. The minimum atomic E-state index is 0.755. The van der Waals surface area contributed by atoms with Crippen LogP contribution >= 0.6 is 11.3 Å². The molecule has 5 heteroatoms. The van der Waals surface area contributed by atoms with Crippen molar-refractivity contribution in [2.45, 2.75) is 19.9 Å². The van der Waals surface area contributed by atoms with Crippen LogP contribution in [0.3, 0.4) is 0 Å². The Kier molecular flexibility index (Phi) is 6.65. The first-order valence-electron chi connectivity index (χ1n) is 5.93. The van der Waals surface area contributed by atoms with E-state index in [1.165, 1.54) is 9.88 Å². The van der Waals surface area contributed by atoms with Gasteiger partial charge < -0.3 is 15.0 Å². The standard InChI is InChI=1S/C12H23N3OS/c1-10-11(9-13-6-8-16-4)17-12(14-10)5-7-15(2)3/h13H,5-9H2,1-4H3. The fourth-order valence-corrected chi connectivity index (χ4v) is 2.48. The van der Waals surface area contributed by atoms with Crippen molar-refractivity contribution in [2.75, 3.05) is 40.9 Å². The van der Waals surface area contributed by atoms with Gasteiger partial charge in [-0.15, -0.1) is 11.3 Å². The summed E-state index contributed by atoms with van der Waals surface area (Å²) in [5.74, 6) is 0. The lowest BCUT2D eigenvalue weighted by atomic mass is 10.4. The minimum absolute atomic E-state index is 0.755. The van der Waals surface area contributed by atoms with E-state index >= 15 is 0 Å². The number of hydrogen-bond acceptors (Lipinski definition) is 5. The number of ether oxygens (including phenoxy) is 1. The van der Waals surface area contributed by atoms with Gasteiger partial charge in [0.15, 0.2) is 0 Å². The molecule has 1 rings (SSSR count). The molecule has 0 bridgehead atoms. The summed E-state index contributed by atoms with van der Waals surface area (Å²) < 4.78 is 5.00. The molecule has 1 aromatic rings. The zero-order valence-electron chi connectivity index (χ0n) is 11.2. The lowest BCUT2D eigenvalue weighted by molar-refractivity contribution is 0.199. The van der Waals surface area contributed by atoms with Crippen LogP contribution in [-0.2, 0) is 17.7 Å². The van der Waals surface area contributed by atoms with E-state index in [1.807, 2.05) is 11.3 Å². The first-order valence-corrected chi connectivity index (χ1v) is 6.74. The van der Waals surface area contributed by atoms with E-state index in [9.17, 15) is 0 Å². The molecule has 0 saturated heterocycles. The molecule has 0 spiro atoms. The average molecular weight is 257 g/mol. The molecule has 1 heterocycles. The number of aromatic nitrogens is 1. The monoisotopic (exact) mass is 257 g/mol. The van der Waals surface area contributed by atoms with Crippen molar-refractivity contribution in [1.82, 2.24) is 15.2 Å². The van der Waals surface area contributed by atoms with Crippen LogP contribution in [0.25, 0.3) is 0 Å². The second-order valence-electron chi connectivity index (χ2n) is 4.34. The molecule has 0 aliphatic heterocycles. The predicted octanol–water partition coefficient (Wildman–Crippen LogP) is 1.29. The highest BCUT2D eigenvalue weighted by Crippen LogP contribution is 2.18. The topological polar surface area (TPSA) is 37.4 Å². The molecule has 98 valence electrons. The fourth-order valence-electron chi connectivity index (χ4n) is 1.45. The number of rotatable bonds is 8. The van der Waals surface area contributed by atoms with E-state index in [4.69, 9.17) is 4.74 Å². The van der Waals surface area contributed by atoms with Gasteiger partial charge in [0.1, 0.15) is 0 Å². The minimum Gasteiger partial charge on any atom is -0.383 e. The van der Waals surface area contributed by atoms with Gasteiger partial charge in [-0.05, 0) is 21.0 Å². The zero-order valence-corrected chi connectivity index (χ0v) is 12.1. The molecule has 1 N–H and O–H groups in total. The highest BCUT2D eigenvalue weighted by Gasteiger charge is 2.07. The van der Waals surface area contributed by atoms with Crippen LogP contribution in [0.4, 0.5) is 0 Å². The summed E-state index contributed by atoms with van der Waals surface area (Å²) in [6.45, 7) is 5.69. The van der Waals surface area contributed by atoms with Gasteiger partial charge in [-0.3, -0.25) is 0 Å². The first-order chi connectivity index (χ1) is 8.13. The maximum Gasteiger partial charge on any atom is 0.0944 e. The van der Waals surface area contributed by atoms with Gasteiger partial charge in [0, 0.05) is 38.0 Å². The number of likely N-dealkylation sites (N-methyl/N-ethyl adjacent to an activating group) is 1. The molecule has 0 aliphatic carbocycles. The molecule has 0 unspecified atom stereocenters.